The van der Waals surface area contributed by atoms with Crippen LogP contribution in [-0.2, 0) is 0 Å². The van der Waals surface area contributed by atoms with Crippen molar-refractivity contribution >= 4 is 21.7 Å². The molecule has 0 unspecified atom stereocenters. The van der Waals surface area contributed by atoms with Gasteiger partial charge in [0.15, 0.2) is 5.76 Å². The van der Waals surface area contributed by atoms with E-state index in [1.807, 2.05) is 42.6 Å². The van der Waals surface area contributed by atoms with Crippen LogP contribution in [0.4, 0.5) is 0 Å². The summed E-state index contributed by atoms with van der Waals surface area (Å²) in [5.41, 5.74) is 2.55. The number of aryl methyl sites for hydroxylation is 1. The third-order valence-corrected chi connectivity index (χ3v) is 3.89. The number of fused-ring (bicyclic) bond motifs is 2. The lowest BCUT2D eigenvalue weighted by Crippen LogP contribution is -2.03. The van der Waals surface area contributed by atoms with E-state index in [4.69, 9.17) is 4.42 Å². The molecule has 0 atom stereocenters. The van der Waals surface area contributed by atoms with Gasteiger partial charge in [0.25, 0.3) is 0 Å². The van der Waals surface area contributed by atoms with E-state index in [0.29, 0.717) is 22.4 Å². The topological polar surface area (TPSA) is 58.6 Å². The average molecular weight is 302 g/mol. The zero-order valence-corrected chi connectivity index (χ0v) is 12.5. The number of benzene rings is 2. The first kappa shape index (κ1) is 13.5. The van der Waals surface area contributed by atoms with E-state index < -0.39 is 0 Å². The molecule has 112 valence electrons. The van der Waals surface area contributed by atoms with Crippen LogP contribution in [0.3, 0.4) is 0 Å². The van der Waals surface area contributed by atoms with Crippen molar-refractivity contribution in [1.29, 1.82) is 0 Å². The number of aromatic nitrogens is 1. The van der Waals surface area contributed by atoms with Crippen molar-refractivity contribution in [3.8, 4) is 11.5 Å². The number of para-hydroxylation sites is 1. The molecule has 4 heteroatoms. The van der Waals surface area contributed by atoms with E-state index in [0.717, 1.165) is 16.2 Å². The Kier molecular flexibility index (Phi) is 3.08. The molecule has 0 bridgehead atoms. The number of pyridine rings is 1. The molecule has 0 spiro atoms. The second-order valence-electron chi connectivity index (χ2n) is 5.51. The highest BCUT2D eigenvalue weighted by atomic mass is 16.4. The van der Waals surface area contributed by atoms with Crippen LogP contribution in [0.1, 0.15) is 5.56 Å². The monoisotopic (exact) mass is 302 g/mol. The molecule has 0 fully saturated rings. The van der Waals surface area contributed by atoms with Crippen molar-refractivity contribution in [1.82, 2.24) is 4.98 Å². The van der Waals surface area contributed by atoms with Crippen molar-refractivity contribution in [3.05, 3.63) is 71.7 Å². The lowest BCUT2D eigenvalue weighted by molar-refractivity contribution is 0.302. The molecule has 0 aliphatic heterocycles. The van der Waals surface area contributed by atoms with Crippen LogP contribution in [0.5, 0.6) is 0 Å². The highest BCUT2D eigenvalue weighted by Gasteiger charge is 2.08. The van der Waals surface area contributed by atoms with Crippen molar-refractivity contribution < 1.29 is 9.62 Å². The highest BCUT2D eigenvalue weighted by molar-refractivity contribution is 5.86. The Hall–Kier alpha value is -3.14. The molecule has 0 saturated carbocycles. The van der Waals surface area contributed by atoms with E-state index in [9.17, 15) is 5.21 Å². The van der Waals surface area contributed by atoms with E-state index in [1.165, 1.54) is 5.56 Å². The summed E-state index contributed by atoms with van der Waals surface area (Å²) in [6, 6.07) is 17.4. The van der Waals surface area contributed by atoms with Gasteiger partial charge in [-0.2, -0.15) is 0 Å². The van der Waals surface area contributed by atoms with E-state index in [-0.39, 0.29) is 0 Å². The lowest BCUT2D eigenvalue weighted by atomic mass is 10.1. The largest absolute Gasteiger partial charge is 0.454 e. The Morgan fingerprint density at radius 1 is 1.00 bits per heavy atom. The van der Waals surface area contributed by atoms with Crippen LogP contribution in [-0.4, -0.2) is 10.2 Å². The third kappa shape index (κ3) is 2.34. The standard InChI is InChI=1S/C19H14N2O2/c1-12-6-7-13-11-20-17(9-14(13)8-12)19-10-16(21-22)15-4-2-3-5-18(15)23-19/h2-11,22H,1H3/b21-16+. The van der Waals surface area contributed by atoms with Gasteiger partial charge in [0, 0.05) is 23.0 Å². The predicted molar refractivity (Wildman–Crippen MR) is 89.0 cm³/mol. The molecule has 4 nitrogen and oxygen atoms in total. The predicted octanol–water partition coefficient (Wildman–Crippen LogP) is 4.25. The summed E-state index contributed by atoms with van der Waals surface area (Å²) in [5.74, 6) is 0.569. The molecular formula is C19H14N2O2. The van der Waals surface area contributed by atoms with Crippen LogP contribution >= 0.6 is 0 Å². The van der Waals surface area contributed by atoms with Gasteiger partial charge in [-0.15, -0.1) is 0 Å². The van der Waals surface area contributed by atoms with E-state index in [1.54, 1.807) is 6.07 Å². The number of rotatable bonds is 1. The van der Waals surface area contributed by atoms with Gasteiger partial charge in [-0.25, -0.2) is 0 Å². The Balaban J connectivity index is 1.98. The second kappa shape index (κ2) is 5.25. The fourth-order valence-electron chi connectivity index (χ4n) is 2.72. The number of hydrogen-bond donors (Lipinski definition) is 1. The second-order valence-corrected chi connectivity index (χ2v) is 5.51. The summed E-state index contributed by atoms with van der Waals surface area (Å²) in [4.78, 5) is 4.47. The molecule has 0 amide bonds. The van der Waals surface area contributed by atoms with Gasteiger partial charge in [-0.1, -0.05) is 41.1 Å². The third-order valence-electron chi connectivity index (χ3n) is 3.89. The van der Waals surface area contributed by atoms with Crippen LogP contribution < -0.4 is 5.36 Å². The van der Waals surface area contributed by atoms with Crippen LogP contribution in [0.15, 0.2) is 70.4 Å². The Morgan fingerprint density at radius 2 is 1.87 bits per heavy atom. The Morgan fingerprint density at radius 3 is 2.74 bits per heavy atom. The maximum Gasteiger partial charge on any atom is 0.155 e. The zero-order chi connectivity index (χ0) is 15.8. The van der Waals surface area contributed by atoms with Gasteiger partial charge in [0.2, 0.25) is 0 Å². The molecule has 2 aromatic heterocycles. The van der Waals surface area contributed by atoms with Crippen LogP contribution in [0, 0.1) is 6.92 Å². The van der Waals surface area contributed by atoms with Gasteiger partial charge in [0.05, 0.1) is 0 Å². The van der Waals surface area contributed by atoms with Crippen molar-refractivity contribution in [3.63, 3.8) is 0 Å². The molecule has 1 N–H and O–H groups in total. The van der Waals surface area contributed by atoms with Gasteiger partial charge in [-0.3, -0.25) is 4.98 Å². The molecule has 2 heterocycles. The maximum absolute atomic E-state index is 9.28. The van der Waals surface area contributed by atoms with Crippen molar-refractivity contribution in [2.45, 2.75) is 6.92 Å². The van der Waals surface area contributed by atoms with E-state index >= 15 is 0 Å². The minimum atomic E-state index is 0.466. The Labute approximate surface area is 132 Å². The van der Waals surface area contributed by atoms with E-state index in [2.05, 4.69) is 29.2 Å². The minimum Gasteiger partial charge on any atom is -0.454 e. The molecule has 0 aliphatic rings. The quantitative estimate of drug-likeness (QED) is 0.422. The molecule has 4 aromatic rings. The first-order valence-corrected chi connectivity index (χ1v) is 7.32. The molecule has 4 rings (SSSR count). The normalized spacial score (nSPS) is 12.1. The molecule has 2 aromatic carbocycles. The molecule has 0 radical (unpaired) electrons. The van der Waals surface area contributed by atoms with Crippen molar-refractivity contribution in [2.24, 2.45) is 5.16 Å². The van der Waals surface area contributed by atoms with Gasteiger partial charge in [-0.05, 0) is 30.5 Å². The number of nitrogens with zero attached hydrogens (tertiary/aromatic N) is 2. The molecule has 0 aliphatic carbocycles. The van der Waals surface area contributed by atoms with Gasteiger partial charge >= 0.3 is 0 Å². The lowest BCUT2D eigenvalue weighted by Gasteiger charge is -2.05. The molecular weight excluding hydrogens is 288 g/mol. The summed E-state index contributed by atoms with van der Waals surface area (Å²) in [6.45, 7) is 2.06. The smallest absolute Gasteiger partial charge is 0.155 e. The van der Waals surface area contributed by atoms with Crippen LogP contribution in [0.2, 0.25) is 0 Å². The number of hydrogen-bond acceptors (Lipinski definition) is 4. The SMILES string of the molecule is Cc1ccc2cnc(-c3c/c(=N\O)c4ccccc4o3)cc2c1. The van der Waals surface area contributed by atoms with Gasteiger partial charge < -0.3 is 9.62 Å². The highest BCUT2D eigenvalue weighted by Crippen LogP contribution is 2.24. The zero-order valence-electron chi connectivity index (χ0n) is 12.5. The summed E-state index contributed by atoms with van der Waals surface area (Å²) >= 11 is 0. The summed E-state index contributed by atoms with van der Waals surface area (Å²) < 4.78 is 5.94. The Bertz CT molecular complexity index is 1100. The molecule has 23 heavy (non-hydrogen) atoms. The van der Waals surface area contributed by atoms with Crippen LogP contribution in [0.25, 0.3) is 33.2 Å². The fourth-order valence-corrected chi connectivity index (χ4v) is 2.72. The minimum absolute atomic E-state index is 0.466. The summed E-state index contributed by atoms with van der Waals surface area (Å²) in [5, 5.41) is 16.1. The summed E-state index contributed by atoms with van der Waals surface area (Å²) in [7, 11) is 0. The fraction of sp³-hybridized carbons (Fsp3) is 0.0526. The first-order valence-electron chi connectivity index (χ1n) is 7.32. The average Bonchev–Trinajstić information content (AvgIpc) is 2.60. The summed E-state index contributed by atoms with van der Waals surface area (Å²) in [6.07, 6.45) is 1.82. The van der Waals surface area contributed by atoms with Gasteiger partial charge in [0.1, 0.15) is 16.6 Å². The van der Waals surface area contributed by atoms with Crippen molar-refractivity contribution in [2.75, 3.05) is 0 Å². The molecule has 0 saturated heterocycles. The maximum atomic E-state index is 9.28. The first-order chi connectivity index (χ1) is 11.2.